The molecule has 1 aromatic heterocycles. The van der Waals surface area contributed by atoms with Crippen molar-refractivity contribution in [3.63, 3.8) is 0 Å². The molecule has 1 aliphatic heterocycles. The van der Waals surface area contributed by atoms with Crippen LogP contribution < -0.4 is 10.6 Å². The quantitative estimate of drug-likeness (QED) is 0.372. The highest BCUT2D eigenvalue weighted by Crippen LogP contribution is 2.27. The second-order valence-corrected chi connectivity index (χ2v) is 7.31. The summed E-state index contributed by atoms with van der Waals surface area (Å²) in [6.07, 6.45) is 4.84. The highest BCUT2D eigenvalue weighted by molar-refractivity contribution is 7.80. The molecular formula is C20H19N5O4S. The van der Waals surface area contributed by atoms with Gasteiger partial charge >= 0.3 is 0 Å². The summed E-state index contributed by atoms with van der Waals surface area (Å²) in [5.74, 6) is -0.528. The zero-order valence-corrected chi connectivity index (χ0v) is 16.7. The molecule has 4 rings (SSSR count). The molecule has 9 nitrogen and oxygen atoms in total. The number of amides is 1. The van der Waals surface area contributed by atoms with Gasteiger partial charge in [-0.1, -0.05) is 6.07 Å². The number of non-ortho nitro benzene ring substituents is 1. The van der Waals surface area contributed by atoms with Crippen LogP contribution in [0.5, 0.6) is 0 Å². The largest absolute Gasteiger partial charge is 0.356 e. The van der Waals surface area contributed by atoms with Crippen LogP contribution in [0.4, 0.5) is 11.4 Å². The maximum Gasteiger partial charge on any atom is 0.270 e. The van der Waals surface area contributed by atoms with E-state index in [1.165, 1.54) is 24.3 Å². The van der Waals surface area contributed by atoms with Crippen LogP contribution in [0.2, 0.25) is 0 Å². The number of nitrogens with zero attached hydrogens (tertiary/aromatic N) is 3. The number of benzene rings is 2. The fourth-order valence-corrected chi connectivity index (χ4v) is 3.59. The van der Waals surface area contributed by atoms with Gasteiger partial charge in [-0.2, -0.15) is 5.10 Å². The van der Waals surface area contributed by atoms with Crippen molar-refractivity contribution in [3.8, 4) is 0 Å². The van der Waals surface area contributed by atoms with E-state index in [9.17, 15) is 14.9 Å². The third-order valence-corrected chi connectivity index (χ3v) is 5.03. The van der Waals surface area contributed by atoms with Gasteiger partial charge < -0.3 is 10.1 Å². The van der Waals surface area contributed by atoms with E-state index in [2.05, 4.69) is 15.7 Å². The number of carbonyl (C=O) groups excluding carboxylic acids is 1. The number of rotatable bonds is 4. The number of nitrogens with one attached hydrogen (secondary N) is 2. The Morgan fingerprint density at radius 1 is 1.27 bits per heavy atom. The minimum Gasteiger partial charge on any atom is -0.356 e. The number of nitro groups is 1. The topological polar surface area (TPSA) is 111 Å². The molecule has 2 N–H and O–H groups in total. The van der Waals surface area contributed by atoms with Crippen molar-refractivity contribution >= 4 is 45.5 Å². The molecule has 0 spiro atoms. The van der Waals surface area contributed by atoms with Gasteiger partial charge in [0.15, 0.2) is 11.3 Å². The highest BCUT2D eigenvalue weighted by atomic mass is 32.1. The summed E-state index contributed by atoms with van der Waals surface area (Å²) >= 11 is 5.21. The second-order valence-electron chi connectivity index (χ2n) is 6.90. The summed E-state index contributed by atoms with van der Waals surface area (Å²) in [6, 6.07) is 11.1. The average molecular weight is 425 g/mol. The second kappa shape index (κ2) is 8.56. The molecule has 1 saturated heterocycles. The summed E-state index contributed by atoms with van der Waals surface area (Å²) < 4.78 is 7.70. The van der Waals surface area contributed by atoms with E-state index in [1.807, 2.05) is 22.9 Å². The number of thiocarbonyl (C=S) groups is 1. The first-order chi connectivity index (χ1) is 14.5. The normalized spacial score (nSPS) is 16.2. The minimum absolute atomic E-state index is 0.0506. The van der Waals surface area contributed by atoms with Gasteiger partial charge in [0.05, 0.1) is 16.6 Å². The Kier molecular flexibility index (Phi) is 5.68. The van der Waals surface area contributed by atoms with E-state index < -0.39 is 10.8 Å². The van der Waals surface area contributed by atoms with Crippen LogP contribution in [0, 0.1) is 10.1 Å². The summed E-state index contributed by atoms with van der Waals surface area (Å²) in [5, 5.41) is 21.8. The summed E-state index contributed by atoms with van der Waals surface area (Å²) in [4.78, 5) is 22.6. The maximum absolute atomic E-state index is 12.3. The lowest BCUT2D eigenvalue weighted by atomic mass is 10.2. The molecule has 2 aromatic carbocycles. The number of ether oxygens (including phenoxy) is 1. The Hall–Kier alpha value is -3.37. The van der Waals surface area contributed by atoms with Crippen LogP contribution >= 0.6 is 12.2 Å². The fourth-order valence-electron chi connectivity index (χ4n) is 3.38. The summed E-state index contributed by atoms with van der Waals surface area (Å²) in [5.41, 5.74) is 1.64. The van der Waals surface area contributed by atoms with Gasteiger partial charge in [0.2, 0.25) is 0 Å². The molecule has 1 amide bonds. The third kappa shape index (κ3) is 4.29. The van der Waals surface area contributed by atoms with Gasteiger partial charge in [0.25, 0.3) is 11.6 Å². The van der Waals surface area contributed by atoms with Crippen molar-refractivity contribution in [2.45, 2.75) is 25.5 Å². The first kappa shape index (κ1) is 19.9. The predicted octanol–water partition coefficient (Wildman–Crippen LogP) is 3.77. The Morgan fingerprint density at radius 2 is 2.13 bits per heavy atom. The summed E-state index contributed by atoms with van der Waals surface area (Å²) in [7, 11) is 0. The molecule has 0 radical (unpaired) electrons. The minimum atomic E-state index is -0.554. The Labute approximate surface area is 177 Å². The molecule has 1 atom stereocenters. The summed E-state index contributed by atoms with van der Waals surface area (Å²) in [6.45, 7) is 0.740. The number of hydrogen-bond donors (Lipinski definition) is 2. The standard InChI is InChI=1S/C20H19N5O4S/c26-19(13-4-3-5-16(11-13)25(27)28)23-20(30)22-15-7-8-17-14(10-15)12-21-24(17)18-6-1-2-9-29-18/h3-5,7-8,10-12,18H,1-2,6,9H2,(H2,22,23,26,30). The lowest BCUT2D eigenvalue weighted by Gasteiger charge is -2.23. The molecule has 0 saturated carbocycles. The number of aromatic nitrogens is 2. The van der Waals surface area contributed by atoms with Crippen molar-refractivity contribution in [3.05, 3.63) is 64.3 Å². The van der Waals surface area contributed by atoms with Crippen molar-refractivity contribution in [2.75, 3.05) is 11.9 Å². The van der Waals surface area contributed by atoms with E-state index in [1.54, 1.807) is 6.20 Å². The van der Waals surface area contributed by atoms with E-state index in [0.717, 1.165) is 36.8 Å². The van der Waals surface area contributed by atoms with Gasteiger partial charge in [0.1, 0.15) is 0 Å². The average Bonchev–Trinajstić information content (AvgIpc) is 3.17. The van der Waals surface area contributed by atoms with Crippen molar-refractivity contribution in [2.24, 2.45) is 0 Å². The van der Waals surface area contributed by atoms with Crippen molar-refractivity contribution in [1.82, 2.24) is 15.1 Å². The number of carbonyl (C=O) groups is 1. The lowest BCUT2D eigenvalue weighted by Crippen LogP contribution is -2.34. The van der Waals surface area contributed by atoms with E-state index in [4.69, 9.17) is 17.0 Å². The first-order valence-electron chi connectivity index (χ1n) is 9.47. The van der Waals surface area contributed by atoms with Gasteiger partial charge in [-0.15, -0.1) is 0 Å². The molecule has 1 aliphatic rings. The molecular weight excluding hydrogens is 406 g/mol. The van der Waals surface area contributed by atoms with Crippen molar-refractivity contribution < 1.29 is 14.5 Å². The molecule has 1 unspecified atom stereocenters. The number of fused-ring (bicyclic) bond motifs is 1. The smallest absolute Gasteiger partial charge is 0.270 e. The molecule has 0 bridgehead atoms. The van der Waals surface area contributed by atoms with Gasteiger partial charge in [-0.25, -0.2) is 4.68 Å². The van der Waals surface area contributed by atoms with Crippen LogP contribution in [-0.4, -0.2) is 32.3 Å². The molecule has 3 aromatic rings. The maximum atomic E-state index is 12.3. The number of hydrogen-bond acceptors (Lipinski definition) is 6. The lowest BCUT2D eigenvalue weighted by molar-refractivity contribution is -0.384. The first-order valence-corrected chi connectivity index (χ1v) is 9.88. The Bertz CT molecular complexity index is 1120. The number of anilines is 1. The zero-order chi connectivity index (χ0) is 21.1. The van der Waals surface area contributed by atoms with Crippen LogP contribution in [0.25, 0.3) is 10.9 Å². The molecule has 154 valence electrons. The Morgan fingerprint density at radius 3 is 2.90 bits per heavy atom. The molecule has 0 aliphatic carbocycles. The van der Waals surface area contributed by atoms with E-state index >= 15 is 0 Å². The molecule has 1 fully saturated rings. The highest BCUT2D eigenvalue weighted by Gasteiger charge is 2.18. The Balaban J connectivity index is 1.43. The van der Waals surface area contributed by atoms with Gasteiger partial charge in [0, 0.05) is 35.4 Å². The van der Waals surface area contributed by atoms with E-state index in [-0.39, 0.29) is 22.6 Å². The van der Waals surface area contributed by atoms with Gasteiger partial charge in [-0.05, 0) is 55.7 Å². The van der Waals surface area contributed by atoms with E-state index in [0.29, 0.717) is 5.69 Å². The SMILES string of the molecule is O=C(NC(=S)Nc1ccc2c(cnn2C2CCCCO2)c1)c1cccc([N+](=O)[O-])c1. The predicted molar refractivity (Wildman–Crippen MR) is 115 cm³/mol. The van der Waals surface area contributed by atoms with Crippen LogP contribution in [0.3, 0.4) is 0 Å². The monoisotopic (exact) mass is 425 g/mol. The van der Waals surface area contributed by atoms with Crippen LogP contribution in [0.15, 0.2) is 48.7 Å². The van der Waals surface area contributed by atoms with Crippen molar-refractivity contribution in [1.29, 1.82) is 0 Å². The number of nitro benzene ring substituents is 1. The molecule has 30 heavy (non-hydrogen) atoms. The fraction of sp³-hybridized carbons (Fsp3) is 0.250. The third-order valence-electron chi connectivity index (χ3n) is 4.83. The van der Waals surface area contributed by atoms with Crippen LogP contribution in [0.1, 0.15) is 35.8 Å². The molecule has 2 heterocycles. The zero-order valence-electron chi connectivity index (χ0n) is 15.9. The van der Waals surface area contributed by atoms with Gasteiger partial charge in [-0.3, -0.25) is 20.2 Å². The molecule has 10 heteroatoms. The van der Waals surface area contributed by atoms with Crippen LogP contribution in [-0.2, 0) is 4.74 Å².